The van der Waals surface area contributed by atoms with Gasteiger partial charge in [-0.25, -0.2) is 0 Å². The summed E-state index contributed by atoms with van der Waals surface area (Å²) in [5, 5.41) is 0. The molecule has 0 saturated carbocycles. The highest BCUT2D eigenvalue weighted by Crippen LogP contribution is 2.35. The lowest BCUT2D eigenvalue weighted by molar-refractivity contribution is -0.137. The van der Waals surface area contributed by atoms with Crippen molar-refractivity contribution in [1.29, 1.82) is 0 Å². The molecular formula is C18H16F3NO. The van der Waals surface area contributed by atoms with E-state index in [1.165, 1.54) is 17.7 Å². The molecule has 0 aliphatic heterocycles. The lowest BCUT2D eigenvalue weighted by Crippen LogP contribution is -2.30. The van der Waals surface area contributed by atoms with E-state index in [1.807, 2.05) is 24.3 Å². The second-order valence-electron chi connectivity index (χ2n) is 5.74. The van der Waals surface area contributed by atoms with E-state index < -0.39 is 11.7 Å². The van der Waals surface area contributed by atoms with E-state index in [-0.39, 0.29) is 17.5 Å². The summed E-state index contributed by atoms with van der Waals surface area (Å²) in [6.07, 6.45) is -2.65. The van der Waals surface area contributed by atoms with Gasteiger partial charge in [-0.3, -0.25) is 4.79 Å². The van der Waals surface area contributed by atoms with E-state index in [2.05, 4.69) is 0 Å². The number of amides is 1. The molecule has 0 radical (unpaired) electrons. The highest BCUT2D eigenvalue weighted by molar-refractivity contribution is 5.94. The molecule has 2 aromatic rings. The Balaban J connectivity index is 1.81. The average Bonchev–Trinajstić information content (AvgIpc) is 2.97. The number of alkyl halides is 3. The Bertz CT molecular complexity index is 722. The molecule has 23 heavy (non-hydrogen) atoms. The normalized spacial score (nSPS) is 17.0. The van der Waals surface area contributed by atoms with Crippen LogP contribution in [0.5, 0.6) is 0 Å². The van der Waals surface area contributed by atoms with Gasteiger partial charge in [0.1, 0.15) is 0 Å². The van der Waals surface area contributed by atoms with Crippen molar-refractivity contribution in [3.8, 4) is 0 Å². The van der Waals surface area contributed by atoms with Crippen molar-refractivity contribution in [2.24, 2.45) is 0 Å². The largest absolute Gasteiger partial charge is 0.416 e. The molecule has 0 fully saturated rings. The number of carbonyl (C=O) groups excluding carboxylic acids is 1. The van der Waals surface area contributed by atoms with Gasteiger partial charge in [0.2, 0.25) is 0 Å². The lowest BCUT2D eigenvalue weighted by Gasteiger charge is -2.25. The van der Waals surface area contributed by atoms with E-state index >= 15 is 0 Å². The van der Waals surface area contributed by atoms with E-state index in [1.54, 1.807) is 11.9 Å². The van der Waals surface area contributed by atoms with Crippen LogP contribution in [0.3, 0.4) is 0 Å². The first-order chi connectivity index (χ1) is 10.9. The molecular weight excluding hydrogens is 303 g/mol. The Morgan fingerprint density at radius 2 is 1.74 bits per heavy atom. The van der Waals surface area contributed by atoms with Crippen LogP contribution in [0.1, 0.15) is 39.5 Å². The fourth-order valence-electron chi connectivity index (χ4n) is 3.08. The molecule has 1 aliphatic rings. The molecule has 0 bridgehead atoms. The summed E-state index contributed by atoms with van der Waals surface area (Å²) in [5.74, 6) is -0.263. The molecule has 0 aromatic heterocycles. The van der Waals surface area contributed by atoms with Crippen LogP contribution in [0.4, 0.5) is 13.2 Å². The lowest BCUT2D eigenvalue weighted by atomic mass is 10.1. The van der Waals surface area contributed by atoms with Crippen LogP contribution in [0.25, 0.3) is 0 Å². The Morgan fingerprint density at radius 1 is 1.09 bits per heavy atom. The highest BCUT2D eigenvalue weighted by atomic mass is 19.4. The molecule has 2 aromatic carbocycles. The molecule has 1 unspecified atom stereocenters. The second-order valence-corrected chi connectivity index (χ2v) is 5.74. The number of aryl methyl sites for hydroxylation is 1. The van der Waals surface area contributed by atoms with Crippen LogP contribution in [0.2, 0.25) is 0 Å². The fraction of sp³-hybridized carbons (Fsp3) is 0.278. The van der Waals surface area contributed by atoms with Crippen molar-refractivity contribution in [3.63, 3.8) is 0 Å². The number of benzene rings is 2. The summed E-state index contributed by atoms with van der Waals surface area (Å²) < 4.78 is 37.8. The van der Waals surface area contributed by atoms with Gasteiger partial charge in [-0.2, -0.15) is 13.2 Å². The third kappa shape index (κ3) is 2.96. The summed E-state index contributed by atoms with van der Waals surface area (Å²) in [7, 11) is 1.70. The van der Waals surface area contributed by atoms with Gasteiger partial charge in [-0.05, 0) is 48.2 Å². The minimum Gasteiger partial charge on any atom is -0.335 e. The SMILES string of the molecule is CN(C(=O)c1ccc(C(F)(F)F)cc1)C1CCc2ccccc21. The maximum Gasteiger partial charge on any atom is 0.416 e. The van der Waals surface area contributed by atoms with Crippen LogP contribution in [-0.2, 0) is 12.6 Å². The number of nitrogens with zero attached hydrogens (tertiary/aromatic N) is 1. The Morgan fingerprint density at radius 3 is 2.39 bits per heavy atom. The Kier molecular flexibility index (Phi) is 3.88. The predicted molar refractivity (Wildman–Crippen MR) is 81.0 cm³/mol. The first-order valence-electron chi connectivity index (χ1n) is 7.40. The van der Waals surface area contributed by atoms with Gasteiger partial charge in [-0.15, -0.1) is 0 Å². The molecule has 0 N–H and O–H groups in total. The molecule has 1 atom stereocenters. The topological polar surface area (TPSA) is 20.3 Å². The molecule has 5 heteroatoms. The quantitative estimate of drug-likeness (QED) is 0.800. The first kappa shape index (κ1) is 15.6. The van der Waals surface area contributed by atoms with Gasteiger partial charge in [0.05, 0.1) is 11.6 Å². The van der Waals surface area contributed by atoms with Crippen LogP contribution in [-0.4, -0.2) is 17.9 Å². The molecule has 2 nitrogen and oxygen atoms in total. The molecule has 1 amide bonds. The predicted octanol–water partition coefficient (Wildman–Crippen LogP) is 4.46. The summed E-state index contributed by atoms with van der Waals surface area (Å²) in [6.45, 7) is 0. The van der Waals surface area contributed by atoms with Gasteiger partial charge in [0, 0.05) is 12.6 Å². The zero-order chi connectivity index (χ0) is 16.6. The van der Waals surface area contributed by atoms with Gasteiger partial charge in [0.25, 0.3) is 5.91 Å². The van der Waals surface area contributed by atoms with E-state index in [9.17, 15) is 18.0 Å². The number of hydrogen-bond acceptors (Lipinski definition) is 1. The van der Waals surface area contributed by atoms with Crippen molar-refractivity contribution in [2.75, 3.05) is 7.05 Å². The smallest absolute Gasteiger partial charge is 0.335 e. The number of fused-ring (bicyclic) bond motifs is 1. The Hall–Kier alpha value is -2.30. The van der Waals surface area contributed by atoms with Gasteiger partial charge in [-0.1, -0.05) is 24.3 Å². The van der Waals surface area contributed by atoms with Crippen LogP contribution in [0.15, 0.2) is 48.5 Å². The number of halogens is 3. The van der Waals surface area contributed by atoms with Crippen LogP contribution in [0, 0.1) is 0 Å². The van der Waals surface area contributed by atoms with E-state index in [4.69, 9.17) is 0 Å². The van der Waals surface area contributed by atoms with E-state index in [0.717, 1.165) is 30.5 Å². The summed E-state index contributed by atoms with van der Waals surface area (Å²) in [5.41, 5.74) is 1.87. The van der Waals surface area contributed by atoms with Gasteiger partial charge < -0.3 is 4.90 Å². The third-order valence-electron chi connectivity index (χ3n) is 4.35. The third-order valence-corrected chi connectivity index (χ3v) is 4.35. The van der Waals surface area contributed by atoms with E-state index in [0.29, 0.717) is 0 Å². The van der Waals surface area contributed by atoms with Crippen molar-refractivity contribution >= 4 is 5.91 Å². The molecule has 0 saturated heterocycles. The zero-order valence-electron chi connectivity index (χ0n) is 12.6. The van der Waals surface area contributed by atoms with Gasteiger partial charge in [0.15, 0.2) is 0 Å². The molecule has 3 rings (SSSR count). The second kappa shape index (κ2) is 5.72. The monoisotopic (exact) mass is 319 g/mol. The van der Waals surface area contributed by atoms with Crippen molar-refractivity contribution < 1.29 is 18.0 Å². The summed E-state index contributed by atoms with van der Waals surface area (Å²) in [4.78, 5) is 14.2. The van der Waals surface area contributed by atoms with Crippen molar-refractivity contribution in [1.82, 2.24) is 4.90 Å². The number of carbonyl (C=O) groups is 1. The standard InChI is InChI=1S/C18H16F3NO/c1-22(16-11-8-12-4-2-3-5-15(12)16)17(23)13-6-9-14(10-7-13)18(19,20)21/h2-7,9-10,16H,8,11H2,1H3. The highest BCUT2D eigenvalue weighted by Gasteiger charge is 2.31. The van der Waals surface area contributed by atoms with Crippen LogP contribution >= 0.6 is 0 Å². The average molecular weight is 319 g/mol. The number of rotatable bonds is 2. The summed E-state index contributed by atoms with van der Waals surface area (Å²) >= 11 is 0. The Labute approximate surface area is 132 Å². The zero-order valence-corrected chi connectivity index (χ0v) is 12.6. The maximum atomic E-state index is 12.6. The van der Waals surface area contributed by atoms with Crippen molar-refractivity contribution in [3.05, 3.63) is 70.8 Å². The molecule has 1 aliphatic carbocycles. The minimum absolute atomic E-state index is 0.0269. The summed E-state index contributed by atoms with van der Waals surface area (Å²) in [6, 6.07) is 12.3. The first-order valence-corrected chi connectivity index (χ1v) is 7.40. The number of hydrogen-bond donors (Lipinski definition) is 0. The van der Waals surface area contributed by atoms with Gasteiger partial charge >= 0.3 is 6.18 Å². The molecule has 120 valence electrons. The molecule has 0 spiro atoms. The van der Waals surface area contributed by atoms with Crippen molar-refractivity contribution in [2.45, 2.75) is 25.1 Å². The fourth-order valence-corrected chi connectivity index (χ4v) is 3.08. The van der Waals surface area contributed by atoms with Crippen LogP contribution < -0.4 is 0 Å². The molecule has 0 heterocycles. The maximum absolute atomic E-state index is 12.6. The minimum atomic E-state index is -4.39.